The fourth-order valence-corrected chi connectivity index (χ4v) is 4.72. The molecule has 26 heavy (non-hydrogen) atoms. The number of quaternary nitrogens is 1. The maximum Gasteiger partial charge on any atom is 0.0784 e. The Morgan fingerprint density at radius 2 is 0.808 bits per heavy atom. The maximum atomic E-state index is 2.52. The highest BCUT2D eigenvalue weighted by Gasteiger charge is 2.21. The third-order valence-corrected chi connectivity index (χ3v) is 6.70. The largest absolute Gasteiger partial charge is 0.326 e. The first-order chi connectivity index (χ1) is 12.8. The second kappa shape index (κ2) is 17.1. The summed E-state index contributed by atoms with van der Waals surface area (Å²) >= 11 is 0. The Morgan fingerprint density at radius 1 is 0.462 bits per heavy atom. The minimum absolute atomic E-state index is 1.37. The Balaban J connectivity index is 1.80. The van der Waals surface area contributed by atoms with Crippen molar-refractivity contribution in [3.63, 3.8) is 0 Å². The lowest BCUT2D eigenvalue weighted by atomic mass is 10.0. The molecule has 1 fully saturated rings. The highest BCUT2D eigenvalue weighted by molar-refractivity contribution is 4.53. The van der Waals surface area contributed by atoms with Crippen LogP contribution >= 0.6 is 0 Å². The van der Waals surface area contributed by atoms with Crippen LogP contribution in [-0.4, -0.2) is 31.2 Å². The van der Waals surface area contributed by atoms with Crippen LogP contribution in [0.15, 0.2) is 0 Å². The topological polar surface area (TPSA) is 0 Å². The summed E-state index contributed by atoms with van der Waals surface area (Å²) in [6.07, 6.45) is 29.5. The molecule has 0 unspecified atom stereocenters. The first-order valence-corrected chi connectivity index (χ1v) is 12.6. The summed E-state index contributed by atoms with van der Waals surface area (Å²) in [4.78, 5) is 0. The zero-order chi connectivity index (χ0) is 18.8. The SMILES string of the molecule is CCCCCCCCCCCCCCCCC[N+]1(C)CCCCCCC1. The molecule has 1 aliphatic rings. The summed E-state index contributed by atoms with van der Waals surface area (Å²) in [5, 5.41) is 0. The van der Waals surface area contributed by atoms with Crippen LogP contribution in [0.3, 0.4) is 0 Å². The molecule has 0 aromatic carbocycles. The van der Waals surface area contributed by atoms with E-state index in [0.717, 1.165) is 0 Å². The molecule has 0 bridgehead atoms. The Kier molecular flexibility index (Phi) is 15.8. The Labute approximate surface area is 166 Å². The predicted molar refractivity (Wildman–Crippen MR) is 119 cm³/mol. The van der Waals surface area contributed by atoms with Gasteiger partial charge in [0.25, 0.3) is 0 Å². The van der Waals surface area contributed by atoms with E-state index in [1.165, 1.54) is 153 Å². The number of nitrogens with zero attached hydrogens (tertiary/aromatic N) is 1. The van der Waals surface area contributed by atoms with Crippen molar-refractivity contribution in [3.8, 4) is 0 Å². The van der Waals surface area contributed by atoms with Crippen LogP contribution in [-0.2, 0) is 0 Å². The summed E-state index contributed by atoms with van der Waals surface area (Å²) in [5.74, 6) is 0. The van der Waals surface area contributed by atoms with Gasteiger partial charge in [-0.25, -0.2) is 0 Å². The molecule has 0 aliphatic carbocycles. The molecule has 1 aliphatic heterocycles. The first-order valence-electron chi connectivity index (χ1n) is 12.6. The third kappa shape index (κ3) is 14.1. The smallest absolute Gasteiger partial charge is 0.0784 e. The van der Waals surface area contributed by atoms with Crippen molar-refractivity contribution >= 4 is 0 Å². The average Bonchev–Trinajstić information content (AvgIpc) is 2.62. The van der Waals surface area contributed by atoms with Gasteiger partial charge in [0.05, 0.1) is 26.7 Å². The lowest BCUT2D eigenvalue weighted by Crippen LogP contribution is -2.46. The fraction of sp³-hybridized carbons (Fsp3) is 1.00. The van der Waals surface area contributed by atoms with E-state index in [4.69, 9.17) is 0 Å². The van der Waals surface area contributed by atoms with E-state index < -0.39 is 0 Å². The van der Waals surface area contributed by atoms with Gasteiger partial charge in [0.1, 0.15) is 0 Å². The summed E-state index contributed by atoms with van der Waals surface area (Å²) in [6, 6.07) is 0. The lowest BCUT2D eigenvalue weighted by Gasteiger charge is -2.36. The molecular formula is C25H52N+. The van der Waals surface area contributed by atoms with E-state index in [1.54, 1.807) is 0 Å². The Morgan fingerprint density at radius 3 is 1.23 bits per heavy atom. The van der Waals surface area contributed by atoms with Crippen molar-refractivity contribution in [1.82, 2.24) is 0 Å². The third-order valence-electron chi connectivity index (χ3n) is 6.70. The van der Waals surface area contributed by atoms with E-state index >= 15 is 0 Å². The quantitative estimate of drug-likeness (QED) is 0.190. The Bertz CT molecular complexity index is 278. The fourth-order valence-electron chi connectivity index (χ4n) is 4.72. The van der Waals surface area contributed by atoms with E-state index in [-0.39, 0.29) is 0 Å². The van der Waals surface area contributed by atoms with Crippen LogP contribution in [0.2, 0.25) is 0 Å². The molecule has 1 heteroatoms. The number of rotatable bonds is 16. The molecule has 1 nitrogen and oxygen atoms in total. The van der Waals surface area contributed by atoms with E-state index in [9.17, 15) is 0 Å². The number of likely N-dealkylation sites (tertiary alicyclic amines) is 1. The van der Waals surface area contributed by atoms with Gasteiger partial charge in [-0.15, -0.1) is 0 Å². The molecule has 0 aromatic heterocycles. The summed E-state index contributed by atoms with van der Waals surface area (Å²) in [7, 11) is 2.52. The zero-order valence-electron chi connectivity index (χ0n) is 18.7. The van der Waals surface area contributed by atoms with Crippen LogP contribution in [0.5, 0.6) is 0 Å². The second-order valence-electron chi connectivity index (χ2n) is 9.51. The first kappa shape index (κ1) is 24.0. The molecule has 0 N–H and O–H groups in total. The van der Waals surface area contributed by atoms with Crippen molar-refractivity contribution in [2.24, 2.45) is 0 Å². The van der Waals surface area contributed by atoms with Gasteiger partial charge in [0, 0.05) is 0 Å². The lowest BCUT2D eigenvalue weighted by molar-refractivity contribution is -0.910. The molecule has 1 heterocycles. The number of unbranched alkanes of at least 4 members (excludes halogenated alkanes) is 14. The van der Waals surface area contributed by atoms with Gasteiger partial charge >= 0.3 is 0 Å². The van der Waals surface area contributed by atoms with Crippen molar-refractivity contribution in [2.75, 3.05) is 26.7 Å². The number of hydrogen-bond donors (Lipinski definition) is 0. The molecule has 0 aromatic rings. The van der Waals surface area contributed by atoms with Gasteiger partial charge < -0.3 is 4.48 Å². The molecular weight excluding hydrogens is 314 g/mol. The molecule has 1 rings (SSSR count). The Hall–Kier alpha value is -0.0400. The minimum atomic E-state index is 1.37. The zero-order valence-corrected chi connectivity index (χ0v) is 18.7. The van der Waals surface area contributed by atoms with Gasteiger partial charge in [-0.3, -0.25) is 0 Å². The highest BCUT2D eigenvalue weighted by atomic mass is 15.3. The minimum Gasteiger partial charge on any atom is -0.326 e. The summed E-state index contributed by atoms with van der Waals surface area (Å²) in [5.41, 5.74) is 0. The maximum absolute atomic E-state index is 2.52. The molecule has 0 radical (unpaired) electrons. The molecule has 156 valence electrons. The number of hydrogen-bond acceptors (Lipinski definition) is 0. The van der Waals surface area contributed by atoms with E-state index in [1.807, 2.05) is 0 Å². The summed E-state index contributed by atoms with van der Waals surface area (Å²) in [6.45, 7) is 6.63. The molecule has 0 amide bonds. The van der Waals surface area contributed by atoms with E-state index in [2.05, 4.69) is 14.0 Å². The van der Waals surface area contributed by atoms with Crippen LogP contribution in [0, 0.1) is 0 Å². The summed E-state index contributed by atoms with van der Waals surface area (Å²) < 4.78 is 1.37. The van der Waals surface area contributed by atoms with Crippen molar-refractivity contribution in [1.29, 1.82) is 0 Å². The van der Waals surface area contributed by atoms with Gasteiger partial charge in [0.2, 0.25) is 0 Å². The van der Waals surface area contributed by atoms with Gasteiger partial charge in [-0.05, 0) is 38.5 Å². The standard InChI is InChI=1S/C25H52N/c1-3-4-5-6-7-8-9-10-11-12-13-14-15-17-20-23-26(2)24-21-18-16-19-22-25-26/h3-25H2,1-2H3/q+1. The predicted octanol–water partition coefficient (Wildman–Crippen LogP) is 8.27. The molecule has 0 spiro atoms. The monoisotopic (exact) mass is 366 g/mol. The van der Waals surface area contributed by atoms with Crippen LogP contribution in [0.25, 0.3) is 0 Å². The molecule has 0 saturated carbocycles. The van der Waals surface area contributed by atoms with Crippen molar-refractivity contribution < 1.29 is 4.48 Å². The molecule has 0 atom stereocenters. The van der Waals surface area contributed by atoms with Crippen LogP contribution in [0.4, 0.5) is 0 Å². The van der Waals surface area contributed by atoms with Gasteiger partial charge in [-0.1, -0.05) is 96.8 Å². The van der Waals surface area contributed by atoms with Crippen LogP contribution < -0.4 is 0 Å². The second-order valence-corrected chi connectivity index (χ2v) is 9.51. The van der Waals surface area contributed by atoms with Crippen LogP contribution in [0.1, 0.15) is 135 Å². The molecule has 1 saturated heterocycles. The average molecular weight is 367 g/mol. The van der Waals surface area contributed by atoms with Gasteiger partial charge in [0.15, 0.2) is 0 Å². The highest BCUT2D eigenvalue weighted by Crippen LogP contribution is 2.18. The van der Waals surface area contributed by atoms with Crippen molar-refractivity contribution in [2.45, 2.75) is 135 Å². The van der Waals surface area contributed by atoms with Gasteiger partial charge in [-0.2, -0.15) is 0 Å². The van der Waals surface area contributed by atoms with E-state index in [0.29, 0.717) is 0 Å². The normalized spacial score (nSPS) is 17.8. The van der Waals surface area contributed by atoms with Crippen molar-refractivity contribution in [3.05, 3.63) is 0 Å².